The maximum absolute atomic E-state index is 13.8. The highest BCUT2D eigenvalue weighted by Gasteiger charge is 2.29. The van der Waals surface area contributed by atoms with Crippen LogP contribution in [0, 0.1) is 12.8 Å². The first kappa shape index (κ1) is 24.5. The van der Waals surface area contributed by atoms with Crippen molar-refractivity contribution in [3.8, 4) is 11.3 Å². The van der Waals surface area contributed by atoms with E-state index in [1.54, 1.807) is 25.1 Å². The number of hydrogen-bond acceptors (Lipinski definition) is 5. The minimum atomic E-state index is -0.378. The molecule has 1 aliphatic carbocycles. The fourth-order valence-electron chi connectivity index (χ4n) is 4.72. The molecule has 4 aromatic rings. The molecule has 2 heterocycles. The number of benzene rings is 2. The van der Waals surface area contributed by atoms with E-state index >= 15 is 0 Å². The predicted molar refractivity (Wildman–Crippen MR) is 146 cm³/mol. The molecule has 0 spiro atoms. The number of esters is 1. The van der Waals surface area contributed by atoms with Gasteiger partial charge in [0.05, 0.1) is 28.9 Å². The third-order valence-electron chi connectivity index (χ3n) is 6.57. The number of nitrogens with one attached hydrogen (secondary N) is 1. The number of aromatic nitrogens is 1. The molecular weight excluding hydrogens is 492 g/mol. The lowest BCUT2D eigenvalue weighted by Crippen LogP contribution is -2.17. The molecule has 0 fully saturated rings. The van der Waals surface area contributed by atoms with Gasteiger partial charge in [0.2, 0.25) is 0 Å². The summed E-state index contributed by atoms with van der Waals surface area (Å²) in [6, 6.07) is 15.1. The minimum Gasteiger partial charge on any atom is -0.462 e. The first-order valence-corrected chi connectivity index (χ1v) is 13.3. The highest BCUT2D eigenvalue weighted by molar-refractivity contribution is 7.17. The van der Waals surface area contributed by atoms with Crippen molar-refractivity contribution in [1.29, 1.82) is 0 Å². The zero-order valence-electron chi connectivity index (χ0n) is 20.5. The van der Waals surface area contributed by atoms with E-state index in [0.717, 1.165) is 51.7 Å². The number of fused-ring (bicyclic) bond motifs is 2. The van der Waals surface area contributed by atoms with E-state index in [9.17, 15) is 9.59 Å². The van der Waals surface area contributed by atoms with Gasteiger partial charge in [-0.25, -0.2) is 9.78 Å². The van der Waals surface area contributed by atoms with Crippen molar-refractivity contribution < 1.29 is 14.3 Å². The van der Waals surface area contributed by atoms with Gasteiger partial charge in [0.15, 0.2) is 0 Å². The Bertz CT molecular complexity index is 1480. The van der Waals surface area contributed by atoms with Crippen LogP contribution in [0.5, 0.6) is 0 Å². The van der Waals surface area contributed by atoms with E-state index < -0.39 is 0 Å². The van der Waals surface area contributed by atoms with Crippen LogP contribution in [0.1, 0.15) is 57.0 Å². The van der Waals surface area contributed by atoms with E-state index in [-0.39, 0.29) is 18.5 Å². The van der Waals surface area contributed by atoms with Crippen LogP contribution in [0.2, 0.25) is 5.02 Å². The van der Waals surface area contributed by atoms with E-state index in [4.69, 9.17) is 21.3 Å². The quantitative estimate of drug-likeness (QED) is 0.278. The van der Waals surface area contributed by atoms with Gasteiger partial charge in [-0.1, -0.05) is 42.3 Å². The Hall–Kier alpha value is -3.22. The van der Waals surface area contributed by atoms with Crippen LogP contribution in [0.25, 0.3) is 22.2 Å². The SMILES string of the molecule is CCOC(=O)c1c(NC(=O)c2cc(-c3ccc(Cl)cc3)nc3ccc(C)cc23)sc2c1CC[C@H](C)C2. The third-order valence-corrected chi connectivity index (χ3v) is 7.99. The Labute approximate surface area is 219 Å². The fourth-order valence-corrected chi connectivity index (χ4v) is 6.24. The predicted octanol–water partition coefficient (Wildman–Crippen LogP) is 7.48. The average molecular weight is 519 g/mol. The summed E-state index contributed by atoms with van der Waals surface area (Å²) in [5.74, 6) is -0.110. The number of aryl methyl sites for hydroxylation is 1. The Morgan fingerprint density at radius 1 is 1.17 bits per heavy atom. The molecule has 0 saturated heterocycles. The lowest BCUT2D eigenvalue weighted by atomic mass is 9.88. The molecule has 5 rings (SSSR count). The number of rotatable bonds is 5. The Morgan fingerprint density at radius 3 is 2.69 bits per heavy atom. The second-order valence-electron chi connectivity index (χ2n) is 9.31. The normalized spacial score (nSPS) is 14.9. The first-order chi connectivity index (χ1) is 17.3. The second kappa shape index (κ2) is 10.0. The molecule has 0 saturated carbocycles. The molecule has 5 nitrogen and oxygen atoms in total. The van der Waals surface area contributed by atoms with Crippen molar-refractivity contribution in [3.63, 3.8) is 0 Å². The van der Waals surface area contributed by atoms with Gasteiger partial charge < -0.3 is 10.1 Å². The molecule has 0 unspecified atom stereocenters. The maximum atomic E-state index is 13.8. The summed E-state index contributed by atoms with van der Waals surface area (Å²) in [6.07, 6.45) is 2.73. The van der Waals surface area contributed by atoms with E-state index in [2.05, 4.69) is 12.2 Å². The molecule has 2 aromatic heterocycles. The Balaban J connectivity index is 1.59. The molecule has 1 N–H and O–H groups in total. The lowest BCUT2D eigenvalue weighted by Gasteiger charge is -2.18. The van der Waals surface area contributed by atoms with Gasteiger partial charge in [-0.2, -0.15) is 0 Å². The van der Waals surface area contributed by atoms with Gasteiger partial charge in [0.25, 0.3) is 5.91 Å². The summed E-state index contributed by atoms with van der Waals surface area (Å²) >= 11 is 7.57. The van der Waals surface area contributed by atoms with Crippen molar-refractivity contribution in [2.24, 2.45) is 5.92 Å². The van der Waals surface area contributed by atoms with Crippen molar-refractivity contribution in [1.82, 2.24) is 4.98 Å². The molecule has 184 valence electrons. The summed E-state index contributed by atoms with van der Waals surface area (Å²) in [5, 5.41) is 5.02. The summed E-state index contributed by atoms with van der Waals surface area (Å²) in [6.45, 7) is 6.28. The molecule has 0 bridgehead atoms. The number of carbonyl (C=O) groups excluding carboxylic acids is 2. The Morgan fingerprint density at radius 2 is 1.94 bits per heavy atom. The fraction of sp³-hybridized carbons (Fsp3) is 0.276. The zero-order valence-corrected chi connectivity index (χ0v) is 22.1. The third kappa shape index (κ3) is 4.75. The standard InChI is InChI=1S/C29H27ClN2O3S/c1-4-35-29(34)26-20-11-5-17(3)14-25(20)36-28(26)32-27(33)22-15-24(18-7-9-19(30)10-8-18)31-23-12-6-16(2)13-21(22)23/h6-10,12-13,15,17H,4-5,11,14H2,1-3H3,(H,32,33)/t17-/m0/s1. The number of anilines is 1. The summed E-state index contributed by atoms with van der Waals surface area (Å²) in [4.78, 5) is 32.7. The maximum Gasteiger partial charge on any atom is 0.341 e. The highest BCUT2D eigenvalue weighted by Crippen LogP contribution is 2.40. The van der Waals surface area contributed by atoms with Crippen LogP contribution < -0.4 is 5.32 Å². The number of carbonyl (C=O) groups is 2. The van der Waals surface area contributed by atoms with Gasteiger partial charge in [-0.05, 0) is 74.9 Å². The van der Waals surface area contributed by atoms with Crippen LogP contribution in [0.4, 0.5) is 5.00 Å². The number of ether oxygens (including phenoxy) is 1. The van der Waals surface area contributed by atoms with Crippen molar-refractivity contribution >= 4 is 50.7 Å². The number of pyridine rings is 1. The monoisotopic (exact) mass is 518 g/mol. The van der Waals surface area contributed by atoms with Crippen LogP contribution in [0.15, 0.2) is 48.5 Å². The number of hydrogen-bond donors (Lipinski definition) is 1. The van der Waals surface area contributed by atoms with Gasteiger partial charge in [0, 0.05) is 20.8 Å². The van der Waals surface area contributed by atoms with Crippen molar-refractivity contribution in [2.75, 3.05) is 11.9 Å². The molecule has 1 aliphatic rings. The second-order valence-corrected chi connectivity index (χ2v) is 10.9. The summed E-state index contributed by atoms with van der Waals surface area (Å²) < 4.78 is 5.38. The Kier molecular flexibility index (Phi) is 6.82. The van der Waals surface area contributed by atoms with Crippen LogP contribution in [-0.4, -0.2) is 23.5 Å². The molecular formula is C29H27ClN2O3S. The van der Waals surface area contributed by atoms with Gasteiger partial charge in [-0.15, -0.1) is 11.3 Å². The van der Waals surface area contributed by atoms with Gasteiger partial charge >= 0.3 is 5.97 Å². The topological polar surface area (TPSA) is 68.3 Å². The first-order valence-electron chi connectivity index (χ1n) is 12.1. The lowest BCUT2D eigenvalue weighted by molar-refractivity contribution is 0.0526. The molecule has 2 aromatic carbocycles. The molecule has 1 amide bonds. The molecule has 7 heteroatoms. The number of nitrogens with zero attached hydrogens (tertiary/aromatic N) is 1. The zero-order chi connectivity index (χ0) is 25.4. The van der Waals surface area contributed by atoms with E-state index in [1.165, 1.54) is 11.3 Å². The van der Waals surface area contributed by atoms with Crippen LogP contribution >= 0.6 is 22.9 Å². The van der Waals surface area contributed by atoms with Crippen LogP contribution in [0.3, 0.4) is 0 Å². The molecule has 0 aliphatic heterocycles. The number of halogens is 1. The largest absolute Gasteiger partial charge is 0.462 e. The van der Waals surface area contributed by atoms with Crippen LogP contribution in [-0.2, 0) is 17.6 Å². The smallest absolute Gasteiger partial charge is 0.341 e. The van der Waals surface area contributed by atoms with Gasteiger partial charge in [-0.3, -0.25) is 4.79 Å². The minimum absolute atomic E-state index is 0.277. The van der Waals surface area contributed by atoms with Crippen molar-refractivity contribution in [2.45, 2.75) is 40.0 Å². The average Bonchev–Trinajstić information content (AvgIpc) is 3.20. The molecule has 0 radical (unpaired) electrons. The highest BCUT2D eigenvalue weighted by atomic mass is 35.5. The van der Waals surface area contributed by atoms with Gasteiger partial charge in [0.1, 0.15) is 5.00 Å². The number of thiophene rings is 1. The summed E-state index contributed by atoms with van der Waals surface area (Å²) in [5.41, 5.74) is 5.33. The van der Waals surface area contributed by atoms with E-state index in [0.29, 0.717) is 32.8 Å². The molecule has 36 heavy (non-hydrogen) atoms. The number of amides is 1. The van der Waals surface area contributed by atoms with E-state index in [1.807, 2.05) is 37.3 Å². The van der Waals surface area contributed by atoms with Crippen molar-refractivity contribution in [3.05, 3.63) is 80.7 Å². The summed E-state index contributed by atoms with van der Waals surface area (Å²) in [7, 11) is 0. The molecule has 1 atom stereocenters.